The van der Waals surface area contributed by atoms with E-state index in [1.54, 1.807) is 11.7 Å². The predicted octanol–water partition coefficient (Wildman–Crippen LogP) is 0.159. The van der Waals surface area contributed by atoms with Gasteiger partial charge < -0.3 is 5.32 Å². The van der Waals surface area contributed by atoms with Crippen LogP contribution >= 0.6 is 0 Å². The molecule has 1 atom stereocenters. The van der Waals surface area contributed by atoms with Crippen molar-refractivity contribution in [3.05, 3.63) is 16.6 Å². The number of aromatic nitrogens is 5. The minimum atomic E-state index is -0.142. The lowest BCUT2D eigenvalue weighted by Crippen LogP contribution is -2.36. The summed E-state index contributed by atoms with van der Waals surface area (Å²) in [6.45, 7) is 7.65. The molecule has 2 heterocycles. The Hall–Kier alpha value is -1.76. The van der Waals surface area contributed by atoms with Gasteiger partial charge in [-0.15, -0.1) is 5.10 Å². The van der Waals surface area contributed by atoms with Gasteiger partial charge in [0.1, 0.15) is 5.39 Å². The van der Waals surface area contributed by atoms with E-state index in [-0.39, 0.29) is 5.56 Å². The zero-order chi connectivity index (χ0) is 14.0. The van der Waals surface area contributed by atoms with E-state index in [0.717, 1.165) is 0 Å². The van der Waals surface area contributed by atoms with Gasteiger partial charge in [-0.25, -0.2) is 9.36 Å². The molecule has 0 aliphatic carbocycles. The van der Waals surface area contributed by atoms with Gasteiger partial charge >= 0.3 is 0 Å². The topological polar surface area (TPSA) is 77.6 Å². The van der Waals surface area contributed by atoms with Crippen LogP contribution in [-0.2, 0) is 13.6 Å². The Labute approximate surface area is 111 Å². The van der Waals surface area contributed by atoms with Gasteiger partial charge in [-0.05, 0) is 12.8 Å². The first-order chi connectivity index (χ1) is 9.00. The average molecular weight is 264 g/mol. The molecule has 104 valence electrons. The van der Waals surface area contributed by atoms with E-state index in [0.29, 0.717) is 36.1 Å². The van der Waals surface area contributed by atoms with Crippen molar-refractivity contribution in [2.75, 3.05) is 6.54 Å². The Morgan fingerprint density at radius 3 is 2.79 bits per heavy atom. The summed E-state index contributed by atoms with van der Waals surface area (Å²) in [5.41, 5.74) is 0.377. The fourth-order valence-corrected chi connectivity index (χ4v) is 1.76. The highest BCUT2D eigenvalue weighted by Gasteiger charge is 2.10. The molecule has 2 aromatic rings. The van der Waals surface area contributed by atoms with Gasteiger partial charge in [-0.1, -0.05) is 19.1 Å². The third-order valence-electron chi connectivity index (χ3n) is 3.41. The van der Waals surface area contributed by atoms with E-state index in [1.165, 1.54) is 10.9 Å². The highest BCUT2D eigenvalue weighted by Crippen LogP contribution is 2.01. The molecule has 0 radical (unpaired) electrons. The smallest absolute Gasteiger partial charge is 0.280 e. The van der Waals surface area contributed by atoms with Crippen molar-refractivity contribution in [3.8, 4) is 0 Å². The summed E-state index contributed by atoms with van der Waals surface area (Å²) in [5.74, 6) is 0.559. The maximum absolute atomic E-state index is 12.1. The molecular formula is C12H20N6O. The Balaban J connectivity index is 2.09. The number of hydrogen-bond donors (Lipinski definition) is 1. The lowest BCUT2D eigenvalue weighted by atomic mass is 10.1. The fraction of sp³-hybridized carbons (Fsp3) is 0.667. The molecule has 0 amide bonds. The maximum Gasteiger partial charge on any atom is 0.280 e. The fourth-order valence-electron chi connectivity index (χ4n) is 1.76. The SMILES string of the molecule is CC(C)C(C)NCCn1nnc2c(cnn2C)c1=O. The average Bonchev–Trinajstić information content (AvgIpc) is 2.74. The summed E-state index contributed by atoms with van der Waals surface area (Å²) in [4.78, 5) is 12.1. The molecule has 0 saturated carbocycles. The van der Waals surface area contributed by atoms with Crippen LogP contribution in [-0.4, -0.2) is 37.4 Å². The van der Waals surface area contributed by atoms with Crippen LogP contribution in [0.5, 0.6) is 0 Å². The Kier molecular flexibility index (Phi) is 3.94. The van der Waals surface area contributed by atoms with Crippen LogP contribution in [0.1, 0.15) is 20.8 Å². The number of fused-ring (bicyclic) bond motifs is 1. The van der Waals surface area contributed by atoms with E-state index in [1.807, 2.05) is 0 Å². The number of nitrogens with one attached hydrogen (secondary N) is 1. The molecule has 7 heteroatoms. The molecule has 1 N–H and O–H groups in total. The maximum atomic E-state index is 12.1. The zero-order valence-electron chi connectivity index (χ0n) is 11.8. The molecule has 2 rings (SSSR count). The van der Waals surface area contributed by atoms with Crippen molar-refractivity contribution in [2.45, 2.75) is 33.4 Å². The van der Waals surface area contributed by atoms with Gasteiger partial charge in [0.2, 0.25) is 0 Å². The Bertz CT molecular complexity index is 614. The van der Waals surface area contributed by atoms with E-state index in [4.69, 9.17) is 0 Å². The summed E-state index contributed by atoms with van der Waals surface area (Å²) in [6.07, 6.45) is 1.53. The van der Waals surface area contributed by atoms with Crippen molar-refractivity contribution in [1.82, 2.24) is 30.1 Å². The molecule has 2 aromatic heterocycles. The van der Waals surface area contributed by atoms with Crippen molar-refractivity contribution >= 4 is 11.0 Å². The normalized spacial score (nSPS) is 13.3. The standard InChI is InChI=1S/C12H20N6O/c1-8(2)9(3)13-5-6-18-12(19)10-7-14-17(4)11(10)15-16-18/h7-9,13H,5-6H2,1-4H3. The Morgan fingerprint density at radius 2 is 2.11 bits per heavy atom. The molecule has 0 aliphatic heterocycles. The van der Waals surface area contributed by atoms with Crippen molar-refractivity contribution in [3.63, 3.8) is 0 Å². The van der Waals surface area contributed by atoms with Crippen LogP contribution in [0.2, 0.25) is 0 Å². The minimum absolute atomic E-state index is 0.142. The first-order valence-corrected chi connectivity index (χ1v) is 6.49. The summed E-state index contributed by atoms with van der Waals surface area (Å²) < 4.78 is 2.93. The molecule has 0 spiro atoms. The first-order valence-electron chi connectivity index (χ1n) is 6.49. The summed E-state index contributed by atoms with van der Waals surface area (Å²) in [6, 6.07) is 0.408. The summed E-state index contributed by atoms with van der Waals surface area (Å²) in [5, 5.41) is 15.8. The molecule has 0 bridgehead atoms. The van der Waals surface area contributed by atoms with Gasteiger partial charge in [-0.2, -0.15) is 5.10 Å². The van der Waals surface area contributed by atoms with Crippen LogP contribution in [0.4, 0.5) is 0 Å². The molecule has 0 saturated heterocycles. The number of aryl methyl sites for hydroxylation is 1. The quantitative estimate of drug-likeness (QED) is 0.832. The van der Waals surface area contributed by atoms with Crippen LogP contribution in [0.15, 0.2) is 11.0 Å². The molecule has 19 heavy (non-hydrogen) atoms. The second-order valence-corrected chi connectivity index (χ2v) is 5.11. The second-order valence-electron chi connectivity index (χ2n) is 5.11. The highest BCUT2D eigenvalue weighted by molar-refractivity contribution is 5.72. The van der Waals surface area contributed by atoms with Crippen LogP contribution in [0, 0.1) is 5.92 Å². The predicted molar refractivity (Wildman–Crippen MR) is 72.9 cm³/mol. The molecular weight excluding hydrogens is 244 g/mol. The van der Waals surface area contributed by atoms with Gasteiger partial charge in [0.15, 0.2) is 5.65 Å². The third kappa shape index (κ3) is 2.81. The molecule has 0 fully saturated rings. The summed E-state index contributed by atoms with van der Waals surface area (Å²) >= 11 is 0. The van der Waals surface area contributed by atoms with Crippen LogP contribution < -0.4 is 10.9 Å². The molecule has 0 aliphatic rings. The van der Waals surface area contributed by atoms with E-state index >= 15 is 0 Å². The van der Waals surface area contributed by atoms with Crippen molar-refractivity contribution in [1.29, 1.82) is 0 Å². The van der Waals surface area contributed by atoms with E-state index < -0.39 is 0 Å². The van der Waals surface area contributed by atoms with Crippen molar-refractivity contribution in [2.24, 2.45) is 13.0 Å². The van der Waals surface area contributed by atoms with E-state index in [2.05, 4.69) is 41.5 Å². The largest absolute Gasteiger partial charge is 0.312 e. The lowest BCUT2D eigenvalue weighted by molar-refractivity contribution is 0.403. The Morgan fingerprint density at radius 1 is 1.37 bits per heavy atom. The van der Waals surface area contributed by atoms with Crippen LogP contribution in [0.3, 0.4) is 0 Å². The summed E-state index contributed by atoms with van der Waals surface area (Å²) in [7, 11) is 1.74. The molecule has 0 aromatic carbocycles. The zero-order valence-corrected chi connectivity index (χ0v) is 11.8. The third-order valence-corrected chi connectivity index (χ3v) is 3.41. The van der Waals surface area contributed by atoms with Gasteiger partial charge in [0.05, 0.1) is 12.7 Å². The highest BCUT2D eigenvalue weighted by atomic mass is 16.1. The monoisotopic (exact) mass is 264 g/mol. The first kappa shape index (κ1) is 13.7. The molecule has 7 nitrogen and oxygen atoms in total. The van der Waals surface area contributed by atoms with E-state index in [9.17, 15) is 4.79 Å². The van der Waals surface area contributed by atoms with Gasteiger partial charge in [0.25, 0.3) is 5.56 Å². The molecule has 1 unspecified atom stereocenters. The number of nitrogens with zero attached hydrogens (tertiary/aromatic N) is 5. The van der Waals surface area contributed by atoms with Crippen molar-refractivity contribution < 1.29 is 0 Å². The lowest BCUT2D eigenvalue weighted by Gasteiger charge is -2.17. The van der Waals surface area contributed by atoms with Gasteiger partial charge in [-0.3, -0.25) is 4.79 Å². The van der Waals surface area contributed by atoms with Gasteiger partial charge in [0, 0.05) is 19.6 Å². The second kappa shape index (κ2) is 5.48. The number of hydrogen-bond acceptors (Lipinski definition) is 5. The number of rotatable bonds is 5. The minimum Gasteiger partial charge on any atom is -0.312 e. The van der Waals surface area contributed by atoms with Crippen LogP contribution in [0.25, 0.3) is 11.0 Å².